The zero-order chi connectivity index (χ0) is 28.2. The summed E-state index contributed by atoms with van der Waals surface area (Å²) in [6.07, 6.45) is 8.71. The van der Waals surface area contributed by atoms with E-state index < -0.39 is 0 Å². The van der Waals surface area contributed by atoms with Gasteiger partial charge in [-0.25, -0.2) is 0 Å². The average molecular weight is 563 g/mol. The zero-order valence-electron chi connectivity index (χ0n) is 24.5. The number of pyridine rings is 1. The molecule has 2 nitrogen and oxygen atoms in total. The first-order valence-electron chi connectivity index (χ1n) is 15.5. The van der Waals surface area contributed by atoms with Gasteiger partial charge in [0.2, 0.25) is 0 Å². The van der Waals surface area contributed by atoms with Crippen molar-refractivity contribution in [1.29, 1.82) is 0 Å². The molecule has 9 rings (SSSR count). The van der Waals surface area contributed by atoms with E-state index in [1.165, 1.54) is 107 Å². The van der Waals surface area contributed by atoms with Crippen molar-refractivity contribution < 1.29 is 0 Å². The van der Waals surface area contributed by atoms with Crippen molar-refractivity contribution in [3.8, 4) is 11.3 Å². The first-order chi connectivity index (χ1) is 20.4. The Balaban J connectivity index is 1.33. The lowest BCUT2D eigenvalue weighted by atomic mass is 9.86. The first-order valence-corrected chi connectivity index (χ1v) is 16.3. The third kappa shape index (κ3) is 3.53. The number of fused-ring (bicyclic) bond motifs is 10. The third-order valence-electron chi connectivity index (χ3n) is 9.88. The molecule has 8 aromatic rings. The topological polar surface area (TPSA) is 17.3 Å². The minimum absolute atomic E-state index is 0.111. The van der Waals surface area contributed by atoms with Gasteiger partial charge >= 0.3 is 0 Å². The van der Waals surface area contributed by atoms with Crippen LogP contribution in [0.2, 0.25) is 0 Å². The van der Waals surface area contributed by atoms with Crippen molar-refractivity contribution in [2.24, 2.45) is 5.92 Å². The van der Waals surface area contributed by atoms with Gasteiger partial charge in [-0.15, -0.1) is 11.3 Å². The van der Waals surface area contributed by atoms with Crippen LogP contribution in [0.5, 0.6) is 0 Å². The van der Waals surface area contributed by atoms with Crippen LogP contribution in [0.3, 0.4) is 0 Å². The van der Waals surface area contributed by atoms with Crippen LogP contribution >= 0.6 is 11.3 Å². The van der Waals surface area contributed by atoms with Crippen molar-refractivity contribution in [3.63, 3.8) is 0 Å². The van der Waals surface area contributed by atoms with Crippen molar-refractivity contribution >= 4 is 69.6 Å². The molecule has 0 aliphatic heterocycles. The molecule has 0 unspecified atom stereocenters. The summed E-state index contributed by atoms with van der Waals surface area (Å²) in [5.74, 6) is 0.832. The molecule has 0 saturated heterocycles. The highest BCUT2D eigenvalue weighted by Gasteiger charge is 2.23. The van der Waals surface area contributed by atoms with Crippen molar-refractivity contribution in [2.75, 3.05) is 0 Å². The van der Waals surface area contributed by atoms with Gasteiger partial charge in [0.15, 0.2) is 0 Å². The lowest BCUT2D eigenvalue weighted by molar-refractivity contribution is 0.546. The summed E-state index contributed by atoms with van der Waals surface area (Å²) in [4.78, 5) is 4.86. The van der Waals surface area contributed by atoms with Gasteiger partial charge in [0, 0.05) is 53.5 Å². The van der Waals surface area contributed by atoms with Crippen molar-refractivity contribution in [2.45, 2.75) is 58.3 Å². The summed E-state index contributed by atoms with van der Waals surface area (Å²) >= 11 is 1.94. The van der Waals surface area contributed by atoms with E-state index in [9.17, 15) is 0 Å². The molecule has 0 amide bonds. The number of rotatable bonds is 3. The minimum Gasteiger partial charge on any atom is -0.308 e. The molecular weight excluding hydrogens is 529 g/mol. The number of aromatic nitrogens is 2. The molecule has 0 spiro atoms. The van der Waals surface area contributed by atoms with E-state index in [0.717, 1.165) is 11.6 Å². The Morgan fingerprint density at radius 1 is 0.786 bits per heavy atom. The second kappa shape index (κ2) is 8.78. The fourth-order valence-corrected chi connectivity index (χ4v) is 8.94. The van der Waals surface area contributed by atoms with Crippen LogP contribution in [-0.4, -0.2) is 9.38 Å². The minimum atomic E-state index is 0.111. The monoisotopic (exact) mass is 562 g/mol. The molecule has 0 atom stereocenters. The molecule has 1 aliphatic rings. The largest absolute Gasteiger partial charge is 0.308 e. The Morgan fingerprint density at radius 3 is 2.48 bits per heavy atom. The van der Waals surface area contributed by atoms with Gasteiger partial charge in [-0.3, -0.25) is 4.98 Å². The maximum atomic E-state index is 4.86. The van der Waals surface area contributed by atoms with Crippen LogP contribution in [0, 0.1) is 5.92 Å². The number of hydrogen-bond donors (Lipinski definition) is 0. The second-order valence-electron chi connectivity index (χ2n) is 13.6. The van der Waals surface area contributed by atoms with Gasteiger partial charge in [0.05, 0.1) is 22.2 Å². The summed E-state index contributed by atoms with van der Waals surface area (Å²) < 4.78 is 5.28. The summed E-state index contributed by atoms with van der Waals surface area (Å²) in [5.41, 5.74) is 9.13. The normalized spacial score (nSPS) is 15.1. The van der Waals surface area contributed by atoms with Crippen molar-refractivity contribution in [3.05, 3.63) is 96.2 Å². The van der Waals surface area contributed by atoms with Gasteiger partial charge in [0.25, 0.3) is 0 Å². The molecule has 4 aromatic carbocycles. The number of nitrogens with zero attached hydrogens (tertiary/aromatic N) is 2. The lowest BCUT2D eigenvalue weighted by Gasteiger charge is -2.18. The van der Waals surface area contributed by atoms with Crippen LogP contribution in [0.25, 0.3) is 69.5 Å². The predicted molar refractivity (Wildman–Crippen MR) is 182 cm³/mol. The Labute approximate surface area is 249 Å². The standard InChI is InChI=1S/C39H34N2S/c1-39(2,3)26-13-15-35-29(21-26)31-22-30-28-20-25(32-19-24(16-17-40-32)18-23-8-4-5-9-23)12-14-34(28)41-33-11-7-6-10-27(33)36(37(30)41)38(31)42-35/h6-7,10-17,19-23H,4-5,8-9,18H2,1-3H3. The smallest absolute Gasteiger partial charge is 0.0704 e. The summed E-state index contributed by atoms with van der Waals surface area (Å²) in [6.45, 7) is 6.92. The molecule has 3 heteroatoms. The third-order valence-corrected chi connectivity index (χ3v) is 11.1. The van der Waals surface area contributed by atoms with Crippen LogP contribution in [0.15, 0.2) is 85.1 Å². The molecule has 1 fully saturated rings. The zero-order valence-corrected chi connectivity index (χ0v) is 25.3. The van der Waals surface area contributed by atoms with Gasteiger partial charge in [-0.1, -0.05) is 76.8 Å². The molecular formula is C39H34N2S. The quantitative estimate of drug-likeness (QED) is 0.209. The van der Waals surface area contributed by atoms with E-state index in [-0.39, 0.29) is 5.41 Å². The number of hydrogen-bond acceptors (Lipinski definition) is 2. The summed E-state index contributed by atoms with van der Waals surface area (Å²) in [7, 11) is 0. The van der Waals surface area contributed by atoms with Crippen LogP contribution < -0.4 is 0 Å². The van der Waals surface area contributed by atoms with Gasteiger partial charge in [-0.2, -0.15) is 0 Å². The fraction of sp³-hybridized carbons (Fsp3) is 0.256. The molecule has 42 heavy (non-hydrogen) atoms. The van der Waals surface area contributed by atoms with E-state index in [4.69, 9.17) is 4.98 Å². The molecule has 4 heterocycles. The van der Waals surface area contributed by atoms with Gasteiger partial charge in [-0.05, 0) is 77.4 Å². The van der Waals surface area contributed by atoms with Gasteiger partial charge in [0.1, 0.15) is 0 Å². The van der Waals surface area contributed by atoms with Crippen molar-refractivity contribution in [1.82, 2.24) is 9.38 Å². The molecule has 1 aliphatic carbocycles. The SMILES string of the molecule is CC(C)(C)c1ccc2sc3c(cc4c5cc(-c6cc(CC7CCCC7)ccn6)ccc5n5c6ccccc6c3c45)c2c1. The molecule has 0 bridgehead atoms. The van der Waals surface area contributed by atoms with Crippen LogP contribution in [0.4, 0.5) is 0 Å². The van der Waals surface area contributed by atoms with Gasteiger partial charge < -0.3 is 4.40 Å². The summed E-state index contributed by atoms with van der Waals surface area (Å²) in [6, 6.07) is 30.1. The Kier molecular flexibility index (Phi) is 5.15. The van der Waals surface area contributed by atoms with Crippen LogP contribution in [-0.2, 0) is 11.8 Å². The Morgan fingerprint density at radius 2 is 1.62 bits per heavy atom. The highest BCUT2D eigenvalue weighted by molar-refractivity contribution is 7.26. The average Bonchev–Trinajstić information content (AvgIpc) is 3.77. The molecule has 0 N–H and O–H groups in total. The van der Waals surface area contributed by atoms with Crippen LogP contribution in [0.1, 0.15) is 57.6 Å². The van der Waals surface area contributed by atoms with E-state index in [2.05, 4.69) is 104 Å². The van der Waals surface area contributed by atoms with E-state index >= 15 is 0 Å². The fourth-order valence-electron chi connectivity index (χ4n) is 7.72. The Hall–Kier alpha value is -3.95. The lowest BCUT2D eigenvalue weighted by Crippen LogP contribution is -2.10. The molecule has 1 saturated carbocycles. The molecule has 4 aromatic heterocycles. The van der Waals surface area contributed by atoms with E-state index in [1.54, 1.807) is 0 Å². The maximum Gasteiger partial charge on any atom is 0.0704 e. The highest BCUT2D eigenvalue weighted by atomic mass is 32.1. The molecule has 0 radical (unpaired) electrons. The second-order valence-corrected chi connectivity index (χ2v) is 14.6. The van der Waals surface area contributed by atoms with E-state index in [0.29, 0.717) is 0 Å². The number of benzene rings is 4. The first kappa shape index (κ1) is 24.6. The maximum absolute atomic E-state index is 4.86. The highest BCUT2D eigenvalue weighted by Crippen LogP contribution is 2.48. The summed E-state index contributed by atoms with van der Waals surface area (Å²) in [5, 5.41) is 8.15. The van der Waals surface area contributed by atoms with E-state index in [1.807, 2.05) is 17.5 Å². The Bertz CT molecular complexity index is 2320. The molecule has 206 valence electrons. The number of thiophene rings is 1. The predicted octanol–water partition coefficient (Wildman–Crippen LogP) is 11.3. The number of para-hydroxylation sites is 1.